The highest BCUT2D eigenvalue weighted by molar-refractivity contribution is 6.36. The Balaban J connectivity index is 2.84. The zero-order valence-corrected chi connectivity index (χ0v) is 8.32. The molecule has 3 nitrogen and oxygen atoms in total. The van der Waals surface area contributed by atoms with E-state index < -0.39 is 5.97 Å². The first-order valence-electron chi connectivity index (χ1n) is 4.24. The van der Waals surface area contributed by atoms with E-state index in [-0.39, 0.29) is 11.3 Å². The number of fused-ring (bicyclic) bond motifs is 1. The molecule has 0 unspecified atom stereocenters. The lowest BCUT2D eigenvalue weighted by Gasteiger charge is -2.04. The maximum atomic E-state index is 10.7. The van der Waals surface area contributed by atoms with Crippen molar-refractivity contribution in [3.05, 3.63) is 40.9 Å². The molecule has 0 atom stereocenters. The normalized spacial score (nSPS) is 10.5. The monoisotopic (exact) mass is 222 g/mol. The van der Waals surface area contributed by atoms with E-state index in [9.17, 15) is 9.90 Å². The van der Waals surface area contributed by atoms with Crippen molar-refractivity contribution >= 4 is 28.3 Å². The van der Waals surface area contributed by atoms with Gasteiger partial charge in [-0.15, -0.1) is 0 Å². The van der Waals surface area contributed by atoms with E-state index in [0.717, 1.165) is 0 Å². The smallest absolute Gasteiger partial charge is 0.335 e. The highest BCUT2D eigenvalue weighted by atomic mass is 35.5. The van der Waals surface area contributed by atoms with E-state index in [1.165, 1.54) is 12.1 Å². The molecule has 15 heavy (non-hydrogen) atoms. The fourth-order valence-corrected chi connectivity index (χ4v) is 1.76. The lowest BCUT2D eigenvalue weighted by Crippen LogP contribution is -1.95. The maximum Gasteiger partial charge on any atom is 0.335 e. The Morgan fingerprint density at radius 2 is 2.00 bits per heavy atom. The summed E-state index contributed by atoms with van der Waals surface area (Å²) in [7, 11) is 0. The summed E-state index contributed by atoms with van der Waals surface area (Å²) in [6, 6.07) is 7.72. The molecule has 0 aliphatic carbocycles. The molecule has 4 heteroatoms. The number of benzene rings is 2. The average molecular weight is 223 g/mol. The SMILES string of the molecule is O=C(O)c1cc(O)c2c(Cl)cccc2c1. The molecule has 0 saturated carbocycles. The van der Waals surface area contributed by atoms with Crippen molar-refractivity contribution in [1.82, 2.24) is 0 Å². The van der Waals surface area contributed by atoms with Crippen LogP contribution in [0.5, 0.6) is 5.75 Å². The van der Waals surface area contributed by atoms with E-state index in [4.69, 9.17) is 16.7 Å². The quantitative estimate of drug-likeness (QED) is 0.780. The minimum absolute atomic E-state index is 0.0438. The molecule has 0 aliphatic heterocycles. The Morgan fingerprint density at radius 1 is 1.27 bits per heavy atom. The molecule has 0 bridgehead atoms. The van der Waals surface area contributed by atoms with Crippen LogP contribution in [-0.4, -0.2) is 16.2 Å². The highest BCUT2D eigenvalue weighted by Crippen LogP contribution is 2.32. The Hall–Kier alpha value is -1.74. The van der Waals surface area contributed by atoms with Gasteiger partial charge >= 0.3 is 5.97 Å². The van der Waals surface area contributed by atoms with Crippen molar-refractivity contribution in [3.8, 4) is 5.75 Å². The largest absolute Gasteiger partial charge is 0.507 e. The Kier molecular flexibility index (Phi) is 2.25. The van der Waals surface area contributed by atoms with Crippen LogP contribution in [0.4, 0.5) is 0 Å². The molecule has 0 spiro atoms. The lowest BCUT2D eigenvalue weighted by molar-refractivity contribution is 0.0696. The van der Waals surface area contributed by atoms with Gasteiger partial charge in [-0.25, -0.2) is 4.79 Å². The predicted molar refractivity (Wildman–Crippen MR) is 57.6 cm³/mol. The van der Waals surface area contributed by atoms with Gasteiger partial charge in [-0.3, -0.25) is 0 Å². The topological polar surface area (TPSA) is 57.5 Å². The second-order valence-corrected chi connectivity index (χ2v) is 3.55. The van der Waals surface area contributed by atoms with Crippen LogP contribution in [0.15, 0.2) is 30.3 Å². The molecular weight excluding hydrogens is 216 g/mol. The number of phenols is 1. The minimum atomic E-state index is -1.08. The Morgan fingerprint density at radius 3 is 2.67 bits per heavy atom. The summed E-state index contributed by atoms with van der Waals surface area (Å²) < 4.78 is 0. The van der Waals surface area contributed by atoms with Gasteiger partial charge in [-0.05, 0) is 23.6 Å². The number of aromatic hydroxyl groups is 1. The van der Waals surface area contributed by atoms with Gasteiger partial charge in [0.15, 0.2) is 0 Å². The first kappa shape index (κ1) is 9.80. The molecule has 76 valence electrons. The van der Waals surface area contributed by atoms with Crippen LogP contribution in [0.25, 0.3) is 10.8 Å². The van der Waals surface area contributed by atoms with Crippen LogP contribution in [-0.2, 0) is 0 Å². The minimum Gasteiger partial charge on any atom is -0.507 e. The summed E-state index contributed by atoms with van der Waals surface area (Å²) in [6.45, 7) is 0. The van der Waals surface area contributed by atoms with Gasteiger partial charge in [0.25, 0.3) is 0 Å². The first-order valence-corrected chi connectivity index (χ1v) is 4.62. The van der Waals surface area contributed by atoms with E-state index >= 15 is 0 Å². The van der Waals surface area contributed by atoms with Crippen LogP contribution in [0.3, 0.4) is 0 Å². The lowest BCUT2D eigenvalue weighted by atomic mass is 10.1. The molecule has 2 aromatic carbocycles. The van der Waals surface area contributed by atoms with Crippen LogP contribution >= 0.6 is 11.6 Å². The molecule has 0 fully saturated rings. The molecule has 0 amide bonds. The Labute approximate surface area is 90.5 Å². The van der Waals surface area contributed by atoms with Crippen molar-refractivity contribution in [2.24, 2.45) is 0 Å². The van der Waals surface area contributed by atoms with E-state index in [0.29, 0.717) is 15.8 Å². The molecule has 0 heterocycles. The molecule has 2 aromatic rings. The first-order chi connectivity index (χ1) is 7.09. The predicted octanol–water partition coefficient (Wildman–Crippen LogP) is 2.90. The van der Waals surface area contributed by atoms with Gasteiger partial charge < -0.3 is 10.2 Å². The van der Waals surface area contributed by atoms with E-state index in [1.807, 2.05) is 0 Å². The number of aromatic carboxylic acids is 1. The fourth-order valence-electron chi connectivity index (χ4n) is 1.48. The van der Waals surface area contributed by atoms with Crippen molar-refractivity contribution in [2.45, 2.75) is 0 Å². The molecule has 2 rings (SSSR count). The molecule has 0 aromatic heterocycles. The fraction of sp³-hybridized carbons (Fsp3) is 0. The summed E-state index contributed by atoms with van der Waals surface area (Å²) in [4.78, 5) is 10.7. The number of halogens is 1. The summed E-state index contributed by atoms with van der Waals surface area (Å²) in [5.41, 5.74) is 0.0438. The standard InChI is InChI=1S/C11H7ClO3/c12-8-3-1-2-6-4-7(11(14)15)5-9(13)10(6)8/h1-5,13H,(H,14,15). The third-order valence-electron chi connectivity index (χ3n) is 2.15. The third-order valence-corrected chi connectivity index (χ3v) is 2.47. The third kappa shape index (κ3) is 1.62. The highest BCUT2D eigenvalue weighted by Gasteiger charge is 2.10. The van der Waals surface area contributed by atoms with Gasteiger partial charge in [0.1, 0.15) is 5.75 Å². The molecule has 0 aliphatic rings. The zero-order valence-electron chi connectivity index (χ0n) is 7.57. The van der Waals surface area contributed by atoms with Gasteiger partial charge in [-0.1, -0.05) is 23.7 Å². The number of carbonyl (C=O) groups is 1. The maximum absolute atomic E-state index is 10.7. The van der Waals surface area contributed by atoms with E-state index in [1.54, 1.807) is 18.2 Å². The second-order valence-electron chi connectivity index (χ2n) is 3.14. The summed E-state index contributed by atoms with van der Waals surface area (Å²) in [5.74, 6) is -1.19. The van der Waals surface area contributed by atoms with Gasteiger partial charge in [0, 0.05) is 5.39 Å². The molecule has 0 saturated heterocycles. The number of hydrogen-bond acceptors (Lipinski definition) is 2. The number of carboxylic acid groups (broad SMARTS) is 1. The summed E-state index contributed by atoms with van der Waals surface area (Å²) in [5, 5.41) is 19.9. The molecule has 0 radical (unpaired) electrons. The van der Waals surface area contributed by atoms with Crippen molar-refractivity contribution in [2.75, 3.05) is 0 Å². The molecular formula is C11H7ClO3. The number of rotatable bonds is 1. The summed E-state index contributed by atoms with van der Waals surface area (Å²) >= 11 is 5.89. The number of hydrogen-bond donors (Lipinski definition) is 2. The van der Waals surface area contributed by atoms with Crippen LogP contribution < -0.4 is 0 Å². The van der Waals surface area contributed by atoms with Crippen LogP contribution in [0.2, 0.25) is 5.02 Å². The molecule has 2 N–H and O–H groups in total. The Bertz CT molecular complexity index is 549. The number of phenolic OH excluding ortho intramolecular Hbond substituents is 1. The van der Waals surface area contributed by atoms with Crippen molar-refractivity contribution < 1.29 is 15.0 Å². The zero-order chi connectivity index (χ0) is 11.0. The van der Waals surface area contributed by atoms with Crippen molar-refractivity contribution in [3.63, 3.8) is 0 Å². The van der Waals surface area contributed by atoms with Gasteiger partial charge in [0.05, 0.1) is 10.6 Å². The average Bonchev–Trinajstić information content (AvgIpc) is 2.17. The van der Waals surface area contributed by atoms with Gasteiger partial charge in [-0.2, -0.15) is 0 Å². The second kappa shape index (κ2) is 3.44. The van der Waals surface area contributed by atoms with Crippen LogP contribution in [0, 0.1) is 0 Å². The van der Waals surface area contributed by atoms with Crippen molar-refractivity contribution in [1.29, 1.82) is 0 Å². The van der Waals surface area contributed by atoms with E-state index in [2.05, 4.69) is 0 Å². The van der Waals surface area contributed by atoms with Crippen LogP contribution in [0.1, 0.15) is 10.4 Å². The summed E-state index contributed by atoms with van der Waals surface area (Å²) in [6.07, 6.45) is 0. The number of carboxylic acids is 1. The van der Waals surface area contributed by atoms with Gasteiger partial charge in [0.2, 0.25) is 0 Å².